The van der Waals surface area contributed by atoms with Gasteiger partial charge in [0.05, 0.1) is 6.61 Å². The number of nitrogens with one attached hydrogen (secondary N) is 1. The Morgan fingerprint density at radius 1 is 0.962 bits per heavy atom. The first kappa shape index (κ1) is 18.0. The van der Waals surface area contributed by atoms with E-state index in [1.165, 1.54) is 51.5 Å². The van der Waals surface area contributed by atoms with Gasteiger partial charge in [-0.15, -0.1) is 0 Å². The van der Waals surface area contributed by atoms with Crippen molar-refractivity contribution in [2.45, 2.75) is 63.5 Å². The van der Waals surface area contributed by atoms with Gasteiger partial charge in [0.1, 0.15) is 5.82 Å². The summed E-state index contributed by atoms with van der Waals surface area (Å²) in [4.78, 5) is 14.3. The second-order valence-electron chi connectivity index (χ2n) is 7.96. The van der Waals surface area contributed by atoms with E-state index in [2.05, 4.69) is 20.1 Å². The van der Waals surface area contributed by atoms with Gasteiger partial charge in [-0.2, -0.15) is 4.98 Å². The van der Waals surface area contributed by atoms with Crippen molar-refractivity contribution in [2.24, 2.45) is 0 Å². The largest absolute Gasteiger partial charge is 0.380 e. The van der Waals surface area contributed by atoms with Crippen LogP contribution in [-0.2, 0) is 4.74 Å². The maximum Gasteiger partial charge on any atom is 0.224 e. The van der Waals surface area contributed by atoms with Gasteiger partial charge in [0.2, 0.25) is 5.95 Å². The van der Waals surface area contributed by atoms with Crippen molar-refractivity contribution in [1.29, 1.82) is 0 Å². The first-order valence-electron chi connectivity index (χ1n) is 10.5. The predicted octanol–water partition coefficient (Wildman–Crippen LogP) is 2.91. The van der Waals surface area contributed by atoms with Crippen molar-refractivity contribution in [3.8, 4) is 0 Å². The van der Waals surface area contributed by atoms with Gasteiger partial charge in [-0.05, 0) is 44.7 Å². The van der Waals surface area contributed by atoms with Crippen molar-refractivity contribution in [3.63, 3.8) is 0 Å². The molecule has 0 bridgehead atoms. The van der Waals surface area contributed by atoms with Crippen LogP contribution >= 0.6 is 0 Å². The Kier molecular flexibility index (Phi) is 6.22. The summed E-state index contributed by atoms with van der Waals surface area (Å²) in [5.41, 5.74) is 0. The van der Waals surface area contributed by atoms with E-state index in [9.17, 15) is 0 Å². The van der Waals surface area contributed by atoms with Crippen molar-refractivity contribution < 1.29 is 4.74 Å². The highest BCUT2D eigenvalue weighted by Gasteiger charge is 2.27. The van der Waals surface area contributed by atoms with Crippen LogP contribution in [0.25, 0.3) is 0 Å². The van der Waals surface area contributed by atoms with Crippen LogP contribution in [0.2, 0.25) is 0 Å². The molecule has 1 aromatic heterocycles. The van der Waals surface area contributed by atoms with Gasteiger partial charge in [-0.1, -0.05) is 19.3 Å². The molecule has 1 atom stereocenters. The smallest absolute Gasteiger partial charge is 0.224 e. The van der Waals surface area contributed by atoms with Gasteiger partial charge >= 0.3 is 0 Å². The van der Waals surface area contributed by atoms with Crippen LogP contribution in [0.4, 0.5) is 11.8 Å². The highest BCUT2D eigenvalue weighted by molar-refractivity contribution is 5.43. The molecule has 1 aliphatic carbocycles. The van der Waals surface area contributed by atoms with E-state index in [0.717, 1.165) is 57.1 Å². The third-order valence-electron chi connectivity index (χ3n) is 6.06. The van der Waals surface area contributed by atoms with Crippen molar-refractivity contribution in [2.75, 3.05) is 49.6 Å². The molecule has 3 fully saturated rings. The topological polar surface area (TPSA) is 53.5 Å². The molecule has 0 aromatic carbocycles. The fourth-order valence-electron chi connectivity index (χ4n) is 4.65. The number of hydrogen-bond acceptors (Lipinski definition) is 6. The highest BCUT2D eigenvalue weighted by Crippen LogP contribution is 2.26. The second kappa shape index (κ2) is 9.00. The molecule has 2 aliphatic heterocycles. The molecule has 3 heterocycles. The van der Waals surface area contributed by atoms with Gasteiger partial charge in [0, 0.05) is 44.5 Å². The zero-order valence-corrected chi connectivity index (χ0v) is 15.9. The average molecular weight is 360 g/mol. The number of piperidine rings is 1. The normalized spacial score (nSPS) is 26.5. The van der Waals surface area contributed by atoms with Crippen LogP contribution in [-0.4, -0.2) is 66.3 Å². The third kappa shape index (κ3) is 4.65. The quantitative estimate of drug-likeness (QED) is 0.892. The number of likely N-dealkylation sites (tertiary alicyclic amines) is 1. The Morgan fingerprint density at radius 2 is 1.88 bits per heavy atom. The van der Waals surface area contributed by atoms with Crippen LogP contribution in [0.3, 0.4) is 0 Å². The number of hydrogen-bond donors (Lipinski definition) is 1. The van der Waals surface area contributed by atoms with Crippen molar-refractivity contribution in [1.82, 2.24) is 14.9 Å². The first-order chi connectivity index (χ1) is 12.9. The monoisotopic (exact) mass is 359 g/mol. The van der Waals surface area contributed by atoms with E-state index in [4.69, 9.17) is 9.72 Å². The molecule has 1 aromatic rings. The van der Waals surface area contributed by atoms with Gasteiger partial charge in [0.25, 0.3) is 0 Å². The molecule has 26 heavy (non-hydrogen) atoms. The molecule has 2 saturated heterocycles. The van der Waals surface area contributed by atoms with Crippen LogP contribution in [0.15, 0.2) is 12.3 Å². The summed E-state index contributed by atoms with van der Waals surface area (Å²) in [7, 11) is 0. The summed E-state index contributed by atoms with van der Waals surface area (Å²) < 4.78 is 5.56. The molecule has 6 heteroatoms. The predicted molar refractivity (Wildman–Crippen MR) is 105 cm³/mol. The zero-order chi connectivity index (χ0) is 17.6. The van der Waals surface area contributed by atoms with Crippen molar-refractivity contribution in [3.05, 3.63) is 12.3 Å². The Hall–Kier alpha value is -1.40. The SMILES string of the molecule is c1cc(N2CCCOCC2)nc(NC2CCCN(C3CCCCC3)C2)n1. The summed E-state index contributed by atoms with van der Waals surface area (Å²) >= 11 is 0. The highest BCUT2D eigenvalue weighted by atomic mass is 16.5. The number of anilines is 2. The van der Waals surface area contributed by atoms with Crippen LogP contribution < -0.4 is 10.2 Å². The summed E-state index contributed by atoms with van der Waals surface area (Å²) in [5.74, 6) is 1.80. The fourth-order valence-corrected chi connectivity index (χ4v) is 4.65. The van der Waals surface area contributed by atoms with E-state index in [0.29, 0.717) is 6.04 Å². The fraction of sp³-hybridized carbons (Fsp3) is 0.800. The molecule has 4 rings (SSSR count). The van der Waals surface area contributed by atoms with Crippen molar-refractivity contribution >= 4 is 11.8 Å². The molecule has 1 unspecified atom stereocenters. The molecule has 6 nitrogen and oxygen atoms in total. The summed E-state index contributed by atoms with van der Waals surface area (Å²) in [5, 5.41) is 3.62. The molecular formula is C20H33N5O. The maximum absolute atomic E-state index is 5.56. The number of rotatable bonds is 4. The Balaban J connectivity index is 1.36. The maximum atomic E-state index is 5.56. The molecule has 0 spiro atoms. The lowest BCUT2D eigenvalue weighted by Gasteiger charge is -2.40. The third-order valence-corrected chi connectivity index (χ3v) is 6.06. The summed E-state index contributed by atoms with van der Waals surface area (Å²) in [6.07, 6.45) is 12.4. The molecule has 144 valence electrons. The lowest BCUT2D eigenvalue weighted by Crippen LogP contribution is -2.47. The molecule has 1 N–H and O–H groups in total. The zero-order valence-electron chi connectivity index (χ0n) is 15.9. The van der Waals surface area contributed by atoms with E-state index >= 15 is 0 Å². The van der Waals surface area contributed by atoms with Gasteiger partial charge in [-0.25, -0.2) is 4.98 Å². The molecule has 0 radical (unpaired) electrons. The lowest BCUT2D eigenvalue weighted by atomic mass is 9.92. The summed E-state index contributed by atoms with van der Waals surface area (Å²) in [6, 6.07) is 3.29. The van der Waals surface area contributed by atoms with Crippen LogP contribution in [0.5, 0.6) is 0 Å². The Bertz CT molecular complexity index is 555. The van der Waals surface area contributed by atoms with E-state index < -0.39 is 0 Å². The number of nitrogens with zero attached hydrogens (tertiary/aromatic N) is 4. The molecule has 1 saturated carbocycles. The molecule has 3 aliphatic rings. The van der Waals surface area contributed by atoms with E-state index in [-0.39, 0.29) is 0 Å². The van der Waals surface area contributed by atoms with Gasteiger partial charge in [-0.3, -0.25) is 4.90 Å². The first-order valence-corrected chi connectivity index (χ1v) is 10.5. The minimum atomic E-state index is 0.466. The minimum Gasteiger partial charge on any atom is -0.380 e. The Morgan fingerprint density at radius 3 is 2.81 bits per heavy atom. The number of aromatic nitrogens is 2. The Labute approximate surface area is 157 Å². The molecular weight excluding hydrogens is 326 g/mol. The second-order valence-corrected chi connectivity index (χ2v) is 7.96. The number of ether oxygens (including phenoxy) is 1. The minimum absolute atomic E-state index is 0.466. The van der Waals surface area contributed by atoms with Gasteiger partial charge in [0.15, 0.2) is 0 Å². The standard InChI is InChI=1S/C20H33N5O/c1-2-7-18(8-3-1)25-11-4-6-17(16-25)22-20-21-10-9-19(23-20)24-12-5-14-26-15-13-24/h9-10,17-18H,1-8,11-16H2,(H,21,22,23). The van der Waals surface area contributed by atoms with E-state index in [1.54, 1.807) is 0 Å². The van der Waals surface area contributed by atoms with Crippen LogP contribution in [0, 0.1) is 0 Å². The van der Waals surface area contributed by atoms with Gasteiger partial charge < -0.3 is 15.0 Å². The molecule has 0 amide bonds. The van der Waals surface area contributed by atoms with E-state index in [1.807, 2.05) is 12.3 Å². The average Bonchev–Trinajstić information content (AvgIpc) is 2.99. The summed E-state index contributed by atoms with van der Waals surface area (Å²) in [6.45, 7) is 5.95. The van der Waals surface area contributed by atoms with Crippen LogP contribution in [0.1, 0.15) is 51.4 Å². The lowest BCUT2D eigenvalue weighted by molar-refractivity contribution is 0.124.